The summed E-state index contributed by atoms with van der Waals surface area (Å²) in [6, 6.07) is 6.48. The highest BCUT2D eigenvalue weighted by atomic mass is 35.6. The lowest BCUT2D eigenvalue weighted by Crippen LogP contribution is -2.48. The number of halogens is 3. The Bertz CT molecular complexity index is 530. The van der Waals surface area contributed by atoms with Gasteiger partial charge in [-0.1, -0.05) is 48.1 Å². The fraction of sp³-hybridized carbons (Fsp3) is 0.467. The second-order valence-corrected chi connectivity index (χ2v) is 7.26. The highest BCUT2D eigenvalue weighted by molar-refractivity contribution is 6.68. The van der Waals surface area contributed by atoms with Crippen molar-refractivity contribution in [3.63, 3.8) is 0 Å². The summed E-state index contributed by atoms with van der Waals surface area (Å²) in [6.07, 6.45) is 0.873. The van der Waals surface area contributed by atoms with Gasteiger partial charge in [-0.2, -0.15) is 0 Å². The lowest BCUT2D eigenvalue weighted by atomic mass is 10.2. The average Bonchev–Trinajstić information content (AvgIpc) is 2.46. The van der Waals surface area contributed by atoms with E-state index in [4.69, 9.17) is 39.5 Å². The van der Waals surface area contributed by atoms with Gasteiger partial charge in [0.1, 0.15) is 6.17 Å². The molecule has 0 radical (unpaired) electrons. The van der Waals surface area contributed by atoms with Crippen molar-refractivity contribution < 1.29 is 14.3 Å². The van der Waals surface area contributed by atoms with Crippen molar-refractivity contribution >= 4 is 52.4 Å². The molecule has 1 rings (SSSR count). The van der Waals surface area contributed by atoms with Crippen molar-refractivity contribution in [1.29, 1.82) is 0 Å². The summed E-state index contributed by atoms with van der Waals surface area (Å²) in [5.41, 5.74) is 1.01. The molecule has 1 aromatic rings. The highest BCUT2D eigenvalue weighted by Crippen LogP contribution is 2.31. The number of ether oxygens (including phenoxy) is 1. The predicted octanol–water partition coefficient (Wildman–Crippen LogP) is 3.89. The van der Waals surface area contributed by atoms with Crippen molar-refractivity contribution in [3.05, 3.63) is 29.8 Å². The summed E-state index contributed by atoms with van der Waals surface area (Å²) in [7, 11) is 0. The van der Waals surface area contributed by atoms with Gasteiger partial charge in [-0.15, -0.1) is 0 Å². The van der Waals surface area contributed by atoms with Gasteiger partial charge in [-0.25, -0.2) is 4.79 Å². The summed E-state index contributed by atoms with van der Waals surface area (Å²) in [4.78, 5) is 23.0. The van der Waals surface area contributed by atoms with Crippen molar-refractivity contribution in [3.8, 4) is 0 Å². The summed E-state index contributed by atoms with van der Waals surface area (Å²) < 4.78 is 3.38. The fourth-order valence-corrected chi connectivity index (χ4v) is 1.99. The molecule has 1 amide bonds. The number of esters is 1. The summed E-state index contributed by atoms with van der Waals surface area (Å²) in [6.45, 7) is 3.73. The summed E-state index contributed by atoms with van der Waals surface area (Å²) in [5, 5.41) is 5.39. The minimum atomic E-state index is -1.73. The van der Waals surface area contributed by atoms with Crippen LogP contribution >= 0.6 is 34.8 Å². The Hall–Kier alpha value is -1.17. The zero-order chi connectivity index (χ0) is 17.5. The van der Waals surface area contributed by atoms with Gasteiger partial charge in [0.2, 0.25) is 9.70 Å². The largest absolute Gasteiger partial charge is 0.462 e. The lowest BCUT2D eigenvalue weighted by molar-refractivity contribution is -0.119. The topological polar surface area (TPSA) is 67.4 Å². The molecule has 1 aromatic carbocycles. The number of benzene rings is 1. The molecule has 0 aromatic heterocycles. The Kier molecular flexibility index (Phi) is 7.95. The van der Waals surface area contributed by atoms with Crippen LogP contribution in [0.3, 0.4) is 0 Å². The van der Waals surface area contributed by atoms with Gasteiger partial charge < -0.3 is 15.4 Å². The molecule has 0 aliphatic carbocycles. The van der Waals surface area contributed by atoms with Crippen LogP contribution in [0.2, 0.25) is 0 Å². The SMILES string of the molecule is CCCCOC(=O)c1ccc(N[C@H](NC(C)=O)C(Cl)(Cl)Cl)cc1. The normalized spacial score (nSPS) is 12.4. The van der Waals surface area contributed by atoms with Crippen LogP contribution in [0.5, 0.6) is 0 Å². The van der Waals surface area contributed by atoms with Crippen molar-refractivity contribution in [2.75, 3.05) is 11.9 Å². The minimum Gasteiger partial charge on any atom is -0.462 e. The average molecular weight is 382 g/mol. The lowest BCUT2D eigenvalue weighted by Gasteiger charge is -2.26. The number of anilines is 1. The van der Waals surface area contributed by atoms with Gasteiger partial charge in [0, 0.05) is 12.6 Å². The van der Waals surface area contributed by atoms with Crippen LogP contribution in [0.15, 0.2) is 24.3 Å². The zero-order valence-electron chi connectivity index (χ0n) is 12.9. The number of nitrogens with one attached hydrogen (secondary N) is 2. The molecule has 23 heavy (non-hydrogen) atoms. The Labute approximate surface area is 150 Å². The molecular formula is C15H19Cl3N2O3. The van der Waals surface area contributed by atoms with E-state index in [1.807, 2.05) is 6.92 Å². The number of amides is 1. The third kappa shape index (κ3) is 7.29. The van der Waals surface area contributed by atoms with E-state index in [1.54, 1.807) is 24.3 Å². The third-order valence-corrected chi connectivity index (χ3v) is 3.49. The molecule has 0 aliphatic rings. The summed E-state index contributed by atoms with van der Waals surface area (Å²) in [5.74, 6) is -0.727. The maximum atomic E-state index is 11.8. The smallest absolute Gasteiger partial charge is 0.338 e. The van der Waals surface area contributed by atoms with E-state index < -0.39 is 9.96 Å². The molecule has 0 saturated heterocycles. The van der Waals surface area contributed by atoms with Crippen LogP contribution in [-0.4, -0.2) is 28.4 Å². The van der Waals surface area contributed by atoms with E-state index in [0.29, 0.717) is 17.9 Å². The molecular weight excluding hydrogens is 363 g/mol. The monoisotopic (exact) mass is 380 g/mol. The summed E-state index contributed by atoms with van der Waals surface area (Å²) >= 11 is 17.5. The van der Waals surface area contributed by atoms with E-state index in [2.05, 4.69) is 10.6 Å². The van der Waals surface area contributed by atoms with Crippen LogP contribution in [0.4, 0.5) is 5.69 Å². The first kappa shape index (κ1) is 19.9. The first-order chi connectivity index (χ1) is 10.7. The Morgan fingerprint density at radius 2 is 1.83 bits per heavy atom. The number of hydrogen-bond acceptors (Lipinski definition) is 4. The van der Waals surface area contributed by atoms with Gasteiger partial charge in [0.05, 0.1) is 12.2 Å². The quantitative estimate of drug-likeness (QED) is 0.325. The molecule has 5 nitrogen and oxygen atoms in total. The van der Waals surface area contributed by atoms with Crippen LogP contribution < -0.4 is 10.6 Å². The van der Waals surface area contributed by atoms with Gasteiger partial charge in [0.15, 0.2) is 0 Å². The number of hydrogen-bond donors (Lipinski definition) is 2. The maximum absolute atomic E-state index is 11.8. The molecule has 0 saturated carbocycles. The van der Waals surface area contributed by atoms with Crippen molar-refractivity contribution in [2.24, 2.45) is 0 Å². The number of carbonyl (C=O) groups excluding carboxylic acids is 2. The molecule has 128 valence electrons. The third-order valence-electron chi connectivity index (χ3n) is 2.84. The van der Waals surface area contributed by atoms with E-state index in [1.165, 1.54) is 6.92 Å². The fourth-order valence-electron chi connectivity index (χ4n) is 1.66. The first-order valence-corrected chi connectivity index (χ1v) is 8.25. The number of carbonyl (C=O) groups is 2. The molecule has 0 fully saturated rings. The molecule has 2 N–H and O–H groups in total. The first-order valence-electron chi connectivity index (χ1n) is 7.11. The standard InChI is InChI=1S/C15H19Cl3N2O3/c1-3-4-9-23-13(22)11-5-7-12(8-6-11)20-14(15(16,17)18)19-10(2)21/h5-8,14,20H,3-4,9H2,1-2H3,(H,19,21)/t14-/m0/s1. The van der Waals surface area contributed by atoms with E-state index in [-0.39, 0.29) is 11.9 Å². The maximum Gasteiger partial charge on any atom is 0.338 e. The Morgan fingerprint density at radius 1 is 1.22 bits per heavy atom. The van der Waals surface area contributed by atoms with Gasteiger partial charge >= 0.3 is 5.97 Å². The van der Waals surface area contributed by atoms with E-state index in [9.17, 15) is 9.59 Å². The Balaban J connectivity index is 2.71. The molecule has 0 unspecified atom stereocenters. The van der Waals surface area contributed by atoms with Crippen LogP contribution in [-0.2, 0) is 9.53 Å². The van der Waals surface area contributed by atoms with E-state index >= 15 is 0 Å². The second kappa shape index (κ2) is 9.21. The van der Waals surface area contributed by atoms with Crippen molar-refractivity contribution in [1.82, 2.24) is 5.32 Å². The molecule has 1 atom stereocenters. The molecule has 0 bridgehead atoms. The molecule has 0 aliphatic heterocycles. The van der Waals surface area contributed by atoms with Gasteiger partial charge in [-0.05, 0) is 30.7 Å². The molecule has 0 heterocycles. The van der Waals surface area contributed by atoms with Crippen LogP contribution in [0.25, 0.3) is 0 Å². The molecule has 0 spiro atoms. The number of rotatable bonds is 7. The number of unbranched alkanes of at least 4 members (excludes halogenated alkanes) is 1. The van der Waals surface area contributed by atoms with E-state index in [0.717, 1.165) is 12.8 Å². The van der Waals surface area contributed by atoms with Gasteiger partial charge in [0.25, 0.3) is 0 Å². The Morgan fingerprint density at radius 3 is 2.30 bits per heavy atom. The second-order valence-electron chi connectivity index (χ2n) is 4.89. The predicted molar refractivity (Wildman–Crippen MR) is 93.1 cm³/mol. The minimum absolute atomic E-state index is 0.343. The van der Waals surface area contributed by atoms with Crippen LogP contribution in [0.1, 0.15) is 37.0 Å². The van der Waals surface area contributed by atoms with Crippen LogP contribution in [0, 0.1) is 0 Å². The van der Waals surface area contributed by atoms with Gasteiger partial charge in [-0.3, -0.25) is 4.79 Å². The van der Waals surface area contributed by atoms with Crippen molar-refractivity contribution in [2.45, 2.75) is 36.6 Å². The highest BCUT2D eigenvalue weighted by Gasteiger charge is 2.33. The molecule has 8 heteroatoms. The zero-order valence-corrected chi connectivity index (χ0v) is 15.1. The number of alkyl halides is 3.